The second kappa shape index (κ2) is 9.21. The van der Waals surface area contributed by atoms with Crippen molar-refractivity contribution in [1.82, 2.24) is 14.5 Å². The summed E-state index contributed by atoms with van der Waals surface area (Å²) in [5.41, 5.74) is 0.292. The number of aliphatic hydroxyl groups excluding tert-OH is 1. The molecule has 3 aromatic rings. The zero-order valence-corrected chi connectivity index (χ0v) is 19.7. The van der Waals surface area contributed by atoms with Gasteiger partial charge in [-0.1, -0.05) is 15.9 Å². The Morgan fingerprint density at radius 2 is 1.94 bits per heavy atom. The lowest BCUT2D eigenvalue weighted by Gasteiger charge is -2.38. The molecular weight excluding hydrogens is 514 g/mol. The monoisotopic (exact) mass is 536 g/mol. The highest BCUT2D eigenvalue weighted by Gasteiger charge is 2.54. The Bertz CT molecular complexity index is 1260. The van der Waals surface area contributed by atoms with Crippen molar-refractivity contribution in [2.45, 2.75) is 31.2 Å². The lowest BCUT2D eigenvalue weighted by Crippen LogP contribution is -2.53. The maximum atomic E-state index is 13.1. The molecule has 11 heteroatoms. The molecule has 2 heterocycles. The quantitative estimate of drug-likeness (QED) is 0.447. The summed E-state index contributed by atoms with van der Waals surface area (Å²) in [6, 6.07) is 9.51. The molecule has 0 bridgehead atoms. The van der Waals surface area contributed by atoms with Gasteiger partial charge in [0.25, 0.3) is 5.56 Å². The highest BCUT2D eigenvalue weighted by molar-refractivity contribution is 9.10. The fraction of sp³-hybridized carbons (Fsp3) is 0.391. The minimum absolute atomic E-state index is 0.124. The smallest absolute Gasteiger partial charge is 0.387 e. The SMILES string of the molecule is O=c1c2ccc(Br)cc2ncn1-c1ccc(OC(F)F)c(NC(O)C2(N3CCOCC3)CC2)c1. The van der Waals surface area contributed by atoms with E-state index in [1.807, 2.05) is 0 Å². The van der Waals surface area contributed by atoms with Crippen LogP contribution in [-0.4, -0.2) is 64.2 Å². The first-order valence-electron chi connectivity index (χ1n) is 10.9. The van der Waals surface area contributed by atoms with E-state index in [4.69, 9.17) is 4.74 Å². The Hall–Kier alpha value is -2.60. The maximum Gasteiger partial charge on any atom is 0.387 e. The minimum Gasteiger partial charge on any atom is -0.433 e. The van der Waals surface area contributed by atoms with Gasteiger partial charge in [0.2, 0.25) is 0 Å². The number of anilines is 1. The van der Waals surface area contributed by atoms with Crippen LogP contribution in [0.5, 0.6) is 5.75 Å². The molecule has 1 saturated heterocycles. The molecule has 2 N–H and O–H groups in total. The Labute approximate surface area is 202 Å². The summed E-state index contributed by atoms with van der Waals surface area (Å²) in [6.45, 7) is -0.502. The molecule has 1 aromatic heterocycles. The standard InChI is InChI=1S/C23H23BrF2N4O4/c24-14-1-3-16-17(11-14)27-13-30(20(16)31)15-2-4-19(34-22(25)26)18(12-15)28-21(32)23(5-6-23)29-7-9-33-10-8-29/h1-4,11-13,21-22,28,32H,5-10H2. The number of benzene rings is 2. The second-order valence-electron chi connectivity index (χ2n) is 8.39. The predicted molar refractivity (Wildman–Crippen MR) is 126 cm³/mol. The Balaban J connectivity index is 1.49. The number of ether oxygens (including phenoxy) is 2. The van der Waals surface area contributed by atoms with Gasteiger partial charge in [-0.25, -0.2) is 4.98 Å². The van der Waals surface area contributed by atoms with E-state index in [-0.39, 0.29) is 17.0 Å². The van der Waals surface area contributed by atoms with Crippen LogP contribution in [0.2, 0.25) is 0 Å². The molecule has 34 heavy (non-hydrogen) atoms. The third-order valence-electron chi connectivity index (χ3n) is 6.38. The van der Waals surface area contributed by atoms with Crippen LogP contribution < -0.4 is 15.6 Å². The Morgan fingerprint density at radius 1 is 1.18 bits per heavy atom. The van der Waals surface area contributed by atoms with Crippen molar-refractivity contribution in [3.63, 3.8) is 0 Å². The van der Waals surface area contributed by atoms with Crippen molar-refractivity contribution in [3.05, 3.63) is 57.6 Å². The minimum atomic E-state index is -3.04. The number of hydrogen-bond acceptors (Lipinski definition) is 7. The van der Waals surface area contributed by atoms with E-state index in [0.29, 0.717) is 42.9 Å². The molecule has 5 rings (SSSR count). The van der Waals surface area contributed by atoms with Crippen molar-refractivity contribution in [1.29, 1.82) is 0 Å². The molecule has 1 aliphatic heterocycles. The maximum absolute atomic E-state index is 13.1. The zero-order chi connectivity index (χ0) is 23.9. The number of nitrogens with one attached hydrogen (secondary N) is 1. The van der Waals surface area contributed by atoms with E-state index in [2.05, 4.69) is 35.9 Å². The molecule has 1 aliphatic carbocycles. The Kier molecular flexibility index (Phi) is 6.28. The number of fused-ring (bicyclic) bond motifs is 1. The molecule has 1 unspecified atom stereocenters. The second-order valence-corrected chi connectivity index (χ2v) is 9.31. The molecule has 1 atom stereocenters. The van der Waals surface area contributed by atoms with Crippen molar-refractivity contribution in [2.24, 2.45) is 0 Å². The van der Waals surface area contributed by atoms with Gasteiger partial charge in [0.1, 0.15) is 18.3 Å². The highest BCUT2D eigenvalue weighted by Crippen LogP contribution is 2.46. The molecular formula is C23H23BrF2N4O4. The van der Waals surface area contributed by atoms with Crippen LogP contribution in [-0.2, 0) is 4.74 Å². The third-order valence-corrected chi connectivity index (χ3v) is 6.88. The van der Waals surface area contributed by atoms with Crippen LogP contribution in [0, 0.1) is 0 Å². The lowest BCUT2D eigenvalue weighted by molar-refractivity contribution is -0.0499. The van der Waals surface area contributed by atoms with Gasteiger partial charge in [0.05, 0.1) is 41.0 Å². The predicted octanol–water partition coefficient (Wildman–Crippen LogP) is 3.34. The summed E-state index contributed by atoms with van der Waals surface area (Å²) >= 11 is 3.36. The molecule has 2 fully saturated rings. The molecule has 2 aliphatic rings. The van der Waals surface area contributed by atoms with Crippen molar-refractivity contribution in [3.8, 4) is 11.4 Å². The van der Waals surface area contributed by atoms with E-state index < -0.39 is 18.4 Å². The summed E-state index contributed by atoms with van der Waals surface area (Å²) in [5.74, 6) is -0.124. The first-order valence-corrected chi connectivity index (χ1v) is 11.7. The fourth-order valence-electron chi connectivity index (χ4n) is 4.44. The third kappa shape index (κ3) is 4.40. The van der Waals surface area contributed by atoms with Gasteiger partial charge in [-0.3, -0.25) is 14.3 Å². The normalized spacial score (nSPS) is 18.7. The van der Waals surface area contributed by atoms with E-state index >= 15 is 0 Å². The van der Waals surface area contributed by atoms with Crippen LogP contribution in [0.25, 0.3) is 16.6 Å². The average molecular weight is 537 g/mol. The van der Waals surface area contributed by atoms with E-state index in [9.17, 15) is 18.7 Å². The van der Waals surface area contributed by atoms with E-state index in [0.717, 1.165) is 17.3 Å². The van der Waals surface area contributed by atoms with Gasteiger partial charge < -0.3 is 19.9 Å². The van der Waals surface area contributed by atoms with Crippen molar-refractivity contribution in [2.75, 3.05) is 31.6 Å². The summed E-state index contributed by atoms with van der Waals surface area (Å²) < 4.78 is 38.3. The molecule has 1 saturated carbocycles. The van der Waals surface area contributed by atoms with Crippen LogP contribution in [0.1, 0.15) is 12.8 Å². The van der Waals surface area contributed by atoms with E-state index in [1.165, 1.54) is 29.1 Å². The van der Waals surface area contributed by atoms with Gasteiger partial charge in [0, 0.05) is 17.6 Å². The molecule has 0 spiro atoms. The lowest BCUT2D eigenvalue weighted by atomic mass is 10.1. The number of nitrogens with zero attached hydrogens (tertiary/aromatic N) is 3. The summed E-state index contributed by atoms with van der Waals surface area (Å²) in [5, 5.41) is 14.4. The highest BCUT2D eigenvalue weighted by atomic mass is 79.9. The van der Waals surface area contributed by atoms with Gasteiger partial charge >= 0.3 is 6.61 Å². The largest absolute Gasteiger partial charge is 0.433 e. The summed E-state index contributed by atoms with van der Waals surface area (Å²) in [6.07, 6.45) is 1.91. The summed E-state index contributed by atoms with van der Waals surface area (Å²) in [4.78, 5) is 19.6. The first kappa shape index (κ1) is 23.2. The van der Waals surface area contributed by atoms with Gasteiger partial charge in [-0.05, 0) is 49.2 Å². The fourth-order valence-corrected chi connectivity index (χ4v) is 4.79. The number of aromatic nitrogens is 2. The van der Waals surface area contributed by atoms with Crippen LogP contribution in [0.15, 0.2) is 52.0 Å². The molecule has 0 amide bonds. The first-order chi connectivity index (χ1) is 16.4. The van der Waals surface area contributed by atoms with Crippen molar-refractivity contribution >= 4 is 32.5 Å². The number of halogens is 3. The number of rotatable bonds is 7. The number of alkyl halides is 2. The number of morpholine rings is 1. The number of aliphatic hydroxyl groups is 1. The molecule has 8 nitrogen and oxygen atoms in total. The van der Waals surface area contributed by atoms with Gasteiger partial charge in [-0.2, -0.15) is 8.78 Å². The molecule has 2 aromatic carbocycles. The van der Waals surface area contributed by atoms with Crippen molar-refractivity contribution < 1.29 is 23.4 Å². The Morgan fingerprint density at radius 3 is 2.65 bits per heavy atom. The van der Waals surface area contributed by atoms with Gasteiger partial charge in [-0.15, -0.1) is 0 Å². The summed E-state index contributed by atoms with van der Waals surface area (Å²) in [7, 11) is 0. The van der Waals surface area contributed by atoms with Crippen LogP contribution >= 0.6 is 15.9 Å². The zero-order valence-electron chi connectivity index (χ0n) is 18.1. The van der Waals surface area contributed by atoms with E-state index in [1.54, 1.807) is 18.2 Å². The topological polar surface area (TPSA) is 88.9 Å². The van der Waals surface area contributed by atoms with Crippen LogP contribution in [0.3, 0.4) is 0 Å². The van der Waals surface area contributed by atoms with Gasteiger partial charge in [0.15, 0.2) is 0 Å². The molecule has 0 radical (unpaired) electrons. The average Bonchev–Trinajstić information content (AvgIpc) is 3.63. The van der Waals surface area contributed by atoms with Crippen LogP contribution in [0.4, 0.5) is 14.5 Å². The molecule has 180 valence electrons. The number of hydrogen-bond donors (Lipinski definition) is 2.